The van der Waals surface area contributed by atoms with Crippen molar-refractivity contribution in [3.8, 4) is 0 Å². The molecular formula is C26H26N2O4. The topological polar surface area (TPSA) is 71.8 Å². The summed E-state index contributed by atoms with van der Waals surface area (Å²) in [7, 11) is 0. The zero-order valence-electron chi connectivity index (χ0n) is 17.8. The molecule has 2 aromatic carbocycles. The third kappa shape index (κ3) is 4.06. The zero-order chi connectivity index (χ0) is 21.9. The predicted molar refractivity (Wildman–Crippen MR) is 120 cm³/mol. The predicted octanol–water partition coefficient (Wildman–Crippen LogP) is 4.27. The first-order valence-electron chi connectivity index (χ1n) is 11.1. The van der Waals surface area contributed by atoms with E-state index in [-0.39, 0.29) is 29.6 Å². The second-order valence-electron chi connectivity index (χ2n) is 8.37. The van der Waals surface area contributed by atoms with Crippen molar-refractivity contribution in [3.05, 3.63) is 89.4 Å². The van der Waals surface area contributed by atoms with Gasteiger partial charge in [-0.2, -0.15) is 0 Å². The van der Waals surface area contributed by atoms with E-state index < -0.39 is 0 Å². The van der Waals surface area contributed by atoms with Gasteiger partial charge in [-0.25, -0.2) is 0 Å². The molecule has 2 unspecified atom stereocenters. The summed E-state index contributed by atoms with van der Waals surface area (Å²) in [6, 6.07) is 19.7. The Labute approximate surface area is 187 Å². The molecule has 32 heavy (non-hydrogen) atoms. The van der Waals surface area contributed by atoms with E-state index in [9.17, 15) is 9.59 Å². The van der Waals surface area contributed by atoms with E-state index in [0.29, 0.717) is 25.1 Å². The minimum Gasteiger partial charge on any atom is -0.459 e. The number of nitrogens with zero attached hydrogens (tertiary/aromatic N) is 1. The molecule has 1 N–H and O–H groups in total. The molecule has 6 heteroatoms. The molecule has 3 heterocycles. The van der Waals surface area contributed by atoms with Crippen LogP contribution in [0.1, 0.15) is 46.2 Å². The van der Waals surface area contributed by atoms with Crippen LogP contribution in [0.25, 0.3) is 0 Å². The lowest BCUT2D eigenvalue weighted by Crippen LogP contribution is -2.35. The zero-order valence-corrected chi connectivity index (χ0v) is 17.8. The van der Waals surface area contributed by atoms with Crippen molar-refractivity contribution >= 4 is 17.5 Å². The van der Waals surface area contributed by atoms with Gasteiger partial charge in [-0.05, 0) is 36.1 Å². The fourth-order valence-corrected chi connectivity index (χ4v) is 4.69. The Bertz CT molecular complexity index is 1110. The fraction of sp³-hybridized carbons (Fsp3) is 0.308. The van der Waals surface area contributed by atoms with Crippen molar-refractivity contribution in [3.63, 3.8) is 0 Å². The third-order valence-corrected chi connectivity index (χ3v) is 6.30. The van der Waals surface area contributed by atoms with Gasteiger partial charge >= 0.3 is 0 Å². The number of para-hydroxylation sites is 1. The summed E-state index contributed by atoms with van der Waals surface area (Å²) in [6.07, 6.45) is 3.83. The van der Waals surface area contributed by atoms with Crippen LogP contribution < -0.4 is 10.2 Å². The van der Waals surface area contributed by atoms with Gasteiger partial charge in [-0.3, -0.25) is 9.59 Å². The van der Waals surface area contributed by atoms with Crippen molar-refractivity contribution < 1.29 is 18.7 Å². The SMILES string of the molecule is O=C(NCC1CCCOC1c1ccccc1)c1occc1CN1C(=O)Cc2ccccc21. The van der Waals surface area contributed by atoms with E-state index in [1.807, 2.05) is 42.5 Å². The van der Waals surface area contributed by atoms with Crippen LogP contribution in [0.15, 0.2) is 71.3 Å². The van der Waals surface area contributed by atoms with Gasteiger partial charge in [0.25, 0.3) is 5.91 Å². The molecule has 3 aromatic rings. The number of hydrogen-bond acceptors (Lipinski definition) is 4. The Morgan fingerprint density at radius 1 is 1.06 bits per heavy atom. The smallest absolute Gasteiger partial charge is 0.287 e. The van der Waals surface area contributed by atoms with Crippen LogP contribution in [0, 0.1) is 5.92 Å². The van der Waals surface area contributed by atoms with E-state index in [0.717, 1.165) is 36.3 Å². The summed E-state index contributed by atoms with van der Waals surface area (Å²) < 4.78 is 11.6. The number of ether oxygens (including phenoxy) is 1. The Morgan fingerprint density at radius 3 is 2.75 bits per heavy atom. The number of benzene rings is 2. The molecule has 1 aromatic heterocycles. The molecule has 2 atom stereocenters. The van der Waals surface area contributed by atoms with Crippen LogP contribution in [0.3, 0.4) is 0 Å². The van der Waals surface area contributed by atoms with E-state index in [1.54, 1.807) is 11.0 Å². The van der Waals surface area contributed by atoms with Gasteiger partial charge in [0, 0.05) is 30.3 Å². The first kappa shape index (κ1) is 20.5. The van der Waals surface area contributed by atoms with Crippen molar-refractivity contribution in [2.75, 3.05) is 18.1 Å². The van der Waals surface area contributed by atoms with Gasteiger partial charge in [0.05, 0.1) is 25.3 Å². The van der Waals surface area contributed by atoms with E-state index in [1.165, 1.54) is 6.26 Å². The second-order valence-corrected chi connectivity index (χ2v) is 8.37. The van der Waals surface area contributed by atoms with Gasteiger partial charge in [0.1, 0.15) is 0 Å². The highest BCUT2D eigenvalue weighted by molar-refractivity contribution is 6.01. The molecular weight excluding hydrogens is 404 g/mol. The van der Waals surface area contributed by atoms with Crippen molar-refractivity contribution in [1.29, 1.82) is 0 Å². The minimum absolute atomic E-state index is 0.0277. The Kier molecular flexibility index (Phi) is 5.77. The van der Waals surface area contributed by atoms with Gasteiger partial charge in [-0.15, -0.1) is 0 Å². The number of hydrogen-bond donors (Lipinski definition) is 1. The number of nitrogens with one attached hydrogen (secondary N) is 1. The number of anilines is 1. The maximum absolute atomic E-state index is 13.0. The molecule has 1 fully saturated rings. The lowest BCUT2D eigenvalue weighted by atomic mass is 9.89. The largest absolute Gasteiger partial charge is 0.459 e. The fourth-order valence-electron chi connectivity index (χ4n) is 4.69. The second kappa shape index (κ2) is 9.01. The molecule has 5 rings (SSSR count). The highest BCUT2D eigenvalue weighted by Crippen LogP contribution is 2.33. The monoisotopic (exact) mass is 430 g/mol. The molecule has 0 saturated carbocycles. The third-order valence-electron chi connectivity index (χ3n) is 6.30. The van der Waals surface area contributed by atoms with Gasteiger partial charge < -0.3 is 19.4 Å². The van der Waals surface area contributed by atoms with Crippen LogP contribution >= 0.6 is 0 Å². The first-order valence-corrected chi connectivity index (χ1v) is 11.1. The quantitative estimate of drug-likeness (QED) is 0.634. The summed E-state index contributed by atoms with van der Waals surface area (Å²) >= 11 is 0. The first-order chi connectivity index (χ1) is 15.7. The number of furan rings is 1. The summed E-state index contributed by atoms with van der Waals surface area (Å²) in [5.74, 6) is 0.224. The van der Waals surface area contributed by atoms with E-state index in [4.69, 9.17) is 9.15 Å². The molecule has 0 aliphatic carbocycles. The Balaban J connectivity index is 1.26. The maximum atomic E-state index is 13.0. The number of rotatable bonds is 6. The summed E-state index contributed by atoms with van der Waals surface area (Å²) in [6.45, 7) is 1.55. The summed E-state index contributed by atoms with van der Waals surface area (Å²) in [4.78, 5) is 27.2. The van der Waals surface area contributed by atoms with E-state index >= 15 is 0 Å². The van der Waals surface area contributed by atoms with Crippen LogP contribution in [0.5, 0.6) is 0 Å². The van der Waals surface area contributed by atoms with E-state index in [2.05, 4.69) is 17.4 Å². The van der Waals surface area contributed by atoms with Crippen LogP contribution in [0.2, 0.25) is 0 Å². The Hall–Kier alpha value is -3.38. The molecule has 0 radical (unpaired) electrons. The average Bonchev–Trinajstić information content (AvgIpc) is 3.43. The van der Waals surface area contributed by atoms with Crippen molar-refractivity contribution in [2.45, 2.75) is 31.9 Å². The lowest BCUT2D eigenvalue weighted by molar-refractivity contribution is -0.117. The molecule has 164 valence electrons. The maximum Gasteiger partial charge on any atom is 0.287 e. The van der Waals surface area contributed by atoms with Crippen LogP contribution in [-0.4, -0.2) is 25.0 Å². The molecule has 1 saturated heterocycles. The Morgan fingerprint density at radius 2 is 1.88 bits per heavy atom. The molecule has 0 bridgehead atoms. The van der Waals surface area contributed by atoms with Crippen molar-refractivity contribution in [1.82, 2.24) is 5.32 Å². The molecule has 2 aliphatic heterocycles. The van der Waals surface area contributed by atoms with Crippen molar-refractivity contribution in [2.24, 2.45) is 5.92 Å². The highest BCUT2D eigenvalue weighted by Gasteiger charge is 2.30. The summed E-state index contributed by atoms with van der Waals surface area (Å²) in [5.41, 5.74) is 3.75. The van der Waals surface area contributed by atoms with Crippen LogP contribution in [0.4, 0.5) is 5.69 Å². The highest BCUT2D eigenvalue weighted by atomic mass is 16.5. The minimum atomic E-state index is -0.262. The number of fused-ring (bicyclic) bond motifs is 1. The molecule has 2 aliphatic rings. The van der Waals surface area contributed by atoms with Crippen LogP contribution in [-0.2, 0) is 22.5 Å². The molecule has 6 nitrogen and oxygen atoms in total. The molecule has 2 amide bonds. The van der Waals surface area contributed by atoms with Gasteiger partial charge in [0.2, 0.25) is 5.91 Å². The van der Waals surface area contributed by atoms with Gasteiger partial charge in [-0.1, -0.05) is 48.5 Å². The summed E-state index contributed by atoms with van der Waals surface area (Å²) in [5, 5.41) is 3.03. The van der Waals surface area contributed by atoms with Gasteiger partial charge in [0.15, 0.2) is 5.76 Å². The number of carbonyl (C=O) groups excluding carboxylic acids is 2. The normalized spacial score (nSPS) is 20.2. The lowest BCUT2D eigenvalue weighted by Gasteiger charge is -2.32. The standard InChI is InChI=1S/C26H26N2O4/c29-23-15-19-9-4-5-11-22(19)28(23)17-21-12-14-32-25(21)26(30)27-16-20-10-6-13-31-24(20)18-7-2-1-3-8-18/h1-5,7-9,11-12,14,20,24H,6,10,13,15-17H2,(H,27,30). The molecule has 0 spiro atoms. The number of carbonyl (C=O) groups is 2. The average molecular weight is 431 g/mol. The number of amides is 2.